The van der Waals surface area contributed by atoms with Crippen LogP contribution in [-0.2, 0) is 27.3 Å². The molecule has 174 valence electrons. The van der Waals surface area contributed by atoms with Crippen molar-refractivity contribution in [3.05, 3.63) is 47.6 Å². The van der Waals surface area contributed by atoms with Gasteiger partial charge in [0.25, 0.3) is 0 Å². The van der Waals surface area contributed by atoms with Crippen LogP contribution in [0.3, 0.4) is 0 Å². The Morgan fingerprint density at radius 3 is 2.34 bits per heavy atom. The SMILES string of the molecule is CC(N)=O.NC(=O)[C@H](CCC(=O)O)NC(=O)NCc1nc([C@@H](N)Cc2ccccc2)no1. The van der Waals surface area contributed by atoms with Crippen LogP contribution in [0.1, 0.15) is 43.1 Å². The number of carbonyl (C=O) groups is 4. The van der Waals surface area contributed by atoms with Gasteiger partial charge in [0.2, 0.25) is 17.7 Å². The van der Waals surface area contributed by atoms with E-state index in [1.807, 2.05) is 30.3 Å². The molecule has 1 heterocycles. The van der Waals surface area contributed by atoms with E-state index in [4.69, 9.17) is 21.1 Å². The van der Waals surface area contributed by atoms with Gasteiger partial charge in [0.15, 0.2) is 5.82 Å². The number of aromatic nitrogens is 2. The Hall–Kier alpha value is -4.00. The maximum Gasteiger partial charge on any atom is 0.315 e. The second-order valence-corrected chi connectivity index (χ2v) is 6.67. The largest absolute Gasteiger partial charge is 0.481 e. The number of carbonyl (C=O) groups excluding carboxylic acids is 3. The highest BCUT2D eigenvalue weighted by Gasteiger charge is 2.20. The van der Waals surface area contributed by atoms with E-state index in [0.717, 1.165) is 5.56 Å². The smallest absolute Gasteiger partial charge is 0.315 e. The van der Waals surface area contributed by atoms with E-state index in [0.29, 0.717) is 12.2 Å². The van der Waals surface area contributed by atoms with Gasteiger partial charge in [-0.25, -0.2) is 4.79 Å². The summed E-state index contributed by atoms with van der Waals surface area (Å²) < 4.78 is 5.05. The molecule has 1 aromatic heterocycles. The van der Waals surface area contributed by atoms with Crippen molar-refractivity contribution < 1.29 is 28.8 Å². The molecule has 0 bridgehead atoms. The summed E-state index contributed by atoms with van der Waals surface area (Å²) in [4.78, 5) is 47.1. The van der Waals surface area contributed by atoms with Crippen LogP contribution in [0.4, 0.5) is 4.79 Å². The summed E-state index contributed by atoms with van der Waals surface area (Å²) in [5, 5.41) is 17.2. The molecule has 0 saturated carbocycles. The van der Waals surface area contributed by atoms with Gasteiger partial charge in [0.1, 0.15) is 6.04 Å². The number of hydrogen-bond donors (Lipinski definition) is 6. The lowest BCUT2D eigenvalue weighted by molar-refractivity contribution is -0.137. The Balaban J connectivity index is 0.00000118. The highest BCUT2D eigenvalue weighted by Crippen LogP contribution is 2.13. The summed E-state index contributed by atoms with van der Waals surface area (Å²) in [6.45, 7) is 1.21. The fourth-order valence-corrected chi connectivity index (χ4v) is 2.37. The Kier molecular flexibility index (Phi) is 10.8. The first-order chi connectivity index (χ1) is 15.1. The zero-order valence-electron chi connectivity index (χ0n) is 17.5. The summed E-state index contributed by atoms with van der Waals surface area (Å²) in [5.41, 5.74) is 16.7. The quantitative estimate of drug-likeness (QED) is 0.269. The molecule has 0 radical (unpaired) electrons. The number of primary amides is 2. The number of nitrogens with zero attached hydrogens (tertiary/aromatic N) is 2. The van der Waals surface area contributed by atoms with Crippen LogP contribution in [0.25, 0.3) is 0 Å². The predicted molar refractivity (Wildman–Crippen MR) is 111 cm³/mol. The van der Waals surface area contributed by atoms with Crippen LogP contribution >= 0.6 is 0 Å². The molecular formula is C19H27N7O6. The monoisotopic (exact) mass is 449 g/mol. The third-order valence-electron chi connectivity index (χ3n) is 3.81. The average Bonchev–Trinajstić information content (AvgIpc) is 3.19. The summed E-state index contributed by atoms with van der Waals surface area (Å²) in [5.74, 6) is -1.82. The fourth-order valence-electron chi connectivity index (χ4n) is 2.37. The first-order valence-electron chi connectivity index (χ1n) is 9.52. The van der Waals surface area contributed by atoms with E-state index in [-0.39, 0.29) is 31.2 Å². The topological polar surface area (TPSA) is 230 Å². The number of carboxylic acid groups (broad SMARTS) is 1. The number of carboxylic acids is 1. The van der Waals surface area contributed by atoms with E-state index >= 15 is 0 Å². The molecule has 13 nitrogen and oxygen atoms in total. The Morgan fingerprint density at radius 1 is 1.16 bits per heavy atom. The molecule has 9 N–H and O–H groups in total. The van der Waals surface area contributed by atoms with E-state index < -0.39 is 30.0 Å². The first kappa shape index (κ1) is 26.0. The molecule has 4 amide bonds. The van der Waals surface area contributed by atoms with Crippen molar-refractivity contribution in [2.24, 2.45) is 17.2 Å². The molecule has 2 atom stereocenters. The summed E-state index contributed by atoms with van der Waals surface area (Å²) >= 11 is 0. The van der Waals surface area contributed by atoms with Crippen LogP contribution in [0, 0.1) is 0 Å². The molecule has 13 heteroatoms. The molecule has 1 aromatic carbocycles. The Bertz CT molecular complexity index is 899. The Labute approximate surface area is 183 Å². The minimum atomic E-state index is -1.10. The number of aliphatic carboxylic acids is 1. The van der Waals surface area contributed by atoms with E-state index in [1.54, 1.807) is 0 Å². The van der Waals surface area contributed by atoms with Gasteiger partial charge in [-0.2, -0.15) is 4.98 Å². The molecule has 0 unspecified atom stereocenters. The third-order valence-corrected chi connectivity index (χ3v) is 3.81. The molecule has 0 aliphatic heterocycles. The van der Waals surface area contributed by atoms with Gasteiger partial charge in [0, 0.05) is 13.3 Å². The molecule has 0 aliphatic rings. The van der Waals surface area contributed by atoms with E-state index in [2.05, 4.69) is 26.5 Å². The highest BCUT2D eigenvalue weighted by molar-refractivity contribution is 5.86. The van der Waals surface area contributed by atoms with Crippen LogP contribution in [0.5, 0.6) is 0 Å². The van der Waals surface area contributed by atoms with Crippen molar-refractivity contribution in [1.82, 2.24) is 20.8 Å². The van der Waals surface area contributed by atoms with Gasteiger partial charge in [-0.15, -0.1) is 0 Å². The molecule has 0 spiro atoms. The van der Waals surface area contributed by atoms with Gasteiger partial charge in [-0.1, -0.05) is 35.5 Å². The van der Waals surface area contributed by atoms with Gasteiger partial charge >= 0.3 is 12.0 Å². The predicted octanol–water partition coefficient (Wildman–Crippen LogP) is -0.678. The lowest BCUT2D eigenvalue weighted by Gasteiger charge is -2.14. The number of amides is 4. The fraction of sp³-hybridized carbons (Fsp3) is 0.368. The van der Waals surface area contributed by atoms with Gasteiger partial charge in [-0.3, -0.25) is 14.4 Å². The molecule has 32 heavy (non-hydrogen) atoms. The molecule has 2 aromatic rings. The van der Waals surface area contributed by atoms with Crippen LogP contribution in [-0.4, -0.2) is 45.1 Å². The van der Waals surface area contributed by atoms with Crippen molar-refractivity contribution in [1.29, 1.82) is 0 Å². The second kappa shape index (κ2) is 13.3. The molecule has 0 saturated heterocycles. The summed E-state index contributed by atoms with van der Waals surface area (Å²) in [6.07, 6.45) is 0.106. The number of rotatable bonds is 10. The van der Waals surface area contributed by atoms with Crippen molar-refractivity contribution in [3.8, 4) is 0 Å². The zero-order chi connectivity index (χ0) is 24.1. The molecule has 2 rings (SSSR count). The third kappa shape index (κ3) is 10.7. The lowest BCUT2D eigenvalue weighted by atomic mass is 10.1. The number of nitrogens with one attached hydrogen (secondary N) is 2. The van der Waals surface area contributed by atoms with Crippen molar-refractivity contribution in [2.75, 3.05) is 0 Å². The normalized spacial score (nSPS) is 11.9. The minimum absolute atomic E-state index is 0.0959. The zero-order valence-corrected chi connectivity index (χ0v) is 17.5. The van der Waals surface area contributed by atoms with E-state index in [1.165, 1.54) is 6.92 Å². The molecule has 0 fully saturated rings. The van der Waals surface area contributed by atoms with Crippen molar-refractivity contribution in [3.63, 3.8) is 0 Å². The lowest BCUT2D eigenvalue weighted by Crippen LogP contribution is -2.48. The minimum Gasteiger partial charge on any atom is -0.481 e. The van der Waals surface area contributed by atoms with Crippen LogP contribution in [0.15, 0.2) is 34.9 Å². The molecule has 0 aliphatic carbocycles. The van der Waals surface area contributed by atoms with Crippen LogP contribution < -0.4 is 27.8 Å². The highest BCUT2D eigenvalue weighted by atomic mass is 16.5. The van der Waals surface area contributed by atoms with Gasteiger partial charge in [-0.05, 0) is 18.4 Å². The standard InChI is InChI=1S/C17H22N6O5.C2H5NO/c18-11(8-10-4-2-1-3-5-10)16-22-13(28-23-16)9-20-17(27)21-12(15(19)26)6-7-14(24)25;1-2(3)4/h1-5,11-12H,6-9,18H2,(H2,19,26)(H,24,25)(H2,20,21,27);1H3,(H2,3,4)/t11-,12-;/m0./s1. The van der Waals surface area contributed by atoms with E-state index in [9.17, 15) is 19.2 Å². The van der Waals surface area contributed by atoms with Gasteiger partial charge in [0.05, 0.1) is 12.6 Å². The number of hydrogen-bond acceptors (Lipinski definition) is 8. The average molecular weight is 449 g/mol. The maximum atomic E-state index is 11.9. The summed E-state index contributed by atoms with van der Waals surface area (Å²) in [6, 6.07) is 7.30. The van der Waals surface area contributed by atoms with Crippen molar-refractivity contribution >= 4 is 23.8 Å². The van der Waals surface area contributed by atoms with Gasteiger partial charge < -0.3 is 37.5 Å². The summed E-state index contributed by atoms with van der Waals surface area (Å²) in [7, 11) is 0. The Morgan fingerprint density at radius 2 is 1.78 bits per heavy atom. The molecular weight excluding hydrogens is 422 g/mol. The number of nitrogens with two attached hydrogens (primary N) is 3. The first-order valence-corrected chi connectivity index (χ1v) is 9.52. The second-order valence-electron chi connectivity index (χ2n) is 6.67. The van der Waals surface area contributed by atoms with Crippen molar-refractivity contribution in [2.45, 2.75) is 44.8 Å². The van der Waals surface area contributed by atoms with Crippen LogP contribution in [0.2, 0.25) is 0 Å². The number of benzene rings is 1. The maximum absolute atomic E-state index is 11.9. The number of urea groups is 1.